The number of carbonyl (C=O) groups is 2. The monoisotopic (exact) mass is 480 g/mol. The Hall–Kier alpha value is -3.15. The Labute approximate surface area is 187 Å². The first-order valence-corrected chi connectivity index (χ1v) is 11.6. The molecule has 0 fully saturated rings. The van der Waals surface area contributed by atoms with Crippen molar-refractivity contribution in [1.82, 2.24) is 4.72 Å². The molecule has 0 saturated carbocycles. The van der Waals surface area contributed by atoms with E-state index in [1.54, 1.807) is 12.1 Å². The lowest BCUT2D eigenvalue weighted by Crippen LogP contribution is -2.30. The summed E-state index contributed by atoms with van der Waals surface area (Å²) in [6.45, 7) is 1.34. The first-order valence-electron chi connectivity index (χ1n) is 9.25. The van der Waals surface area contributed by atoms with E-state index < -0.39 is 45.3 Å². The number of amides is 1. The molecule has 168 valence electrons. The third-order valence-electron chi connectivity index (χ3n) is 4.24. The fourth-order valence-corrected chi connectivity index (χ4v) is 4.35. The minimum absolute atomic E-state index is 0.0967. The summed E-state index contributed by atoms with van der Waals surface area (Å²) < 4.78 is 59.4. The van der Waals surface area contributed by atoms with E-state index in [9.17, 15) is 26.8 Å². The molecule has 0 aliphatic heterocycles. The quantitative estimate of drug-likeness (QED) is 0.479. The molecule has 0 radical (unpaired) electrons. The second kappa shape index (κ2) is 9.98. The summed E-state index contributed by atoms with van der Waals surface area (Å²) in [5.74, 6) is -3.45. The van der Waals surface area contributed by atoms with Crippen LogP contribution < -0.4 is 10.0 Å². The van der Waals surface area contributed by atoms with Gasteiger partial charge in [0, 0.05) is 17.5 Å². The minimum atomic E-state index is -3.89. The van der Waals surface area contributed by atoms with Gasteiger partial charge < -0.3 is 10.1 Å². The van der Waals surface area contributed by atoms with Crippen LogP contribution in [-0.4, -0.2) is 26.4 Å². The third-order valence-corrected chi connectivity index (χ3v) is 6.51. The molecule has 1 amide bonds. The zero-order chi connectivity index (χ0) is 23.3. The lowest BCUT2D eigenvalue weighted by Gasteiger charge is -2.14. The van der Waals surface area contributed by atoms with E-state index in [2.05, 4.69) is 10.0 Å². The molecule has 7 nitrogen and oxygen atoms in total. The summed E-state index contributed by atoms with van der Waals surface area (Å²) in [5, 5.41) is 3.96. The van der Waals surface area contributed by atoms with Crippen molar-refractivity contribution in [1.29, 1.82) is 0 Å². The summed E-state index contributed by atoms with van der Waals surface area (Å²) >= 11 is 1.40. The molecular weight excluding hydrogens is 462 g/mol. The van der Waals surface area contributed by atoms with Crippen LogP contribution in [0.3, 0.4) is 0 Å². The molecule has 3 rings (SSSR count). The lowest BCUT2D eigenvalue weighted by molar-refractivity contribution is -0.123. The van der Waals surface area contributed by atoms with Crippen LogP contribution in [-0.2, 0) is 26.1 Å². The summed E-state index contributed by atoms with van der Waals surface area (Å²) in [7, 11) is -3.89. The van der Waals surface area contributed by atoms with Crippen LogP contribution in [0.4, 0.5) is 14.5 Å². The van der Waals surface area contributed by atoms with E-state index in [-0.39, 0.29) is 17.0 Å². The minimum Gasteiger partial charge on any atom is -0.449 e. The van der Waals surface area contributed by atoms with Gasteiger partial charge in [0.15, 0.2) is 6.10 Å². The molecular formula is C21H18F2N2O5S2. The number of anilines is 1. The number of rotatable bonds is 8. The van der Waals surface area contributed by atoms with Crippen LogP contribution in [0.25, 0.3) is 0 Å². The molecule has 3 aromatic rings. The van der Waals surface area contributed by atoms with Gasteiger partial charge in [-0.15, -0.1) is 11.3 Å². The molecule has 32 heavy (non-hydrogen) atoms. The fourth-order valence-electron chi connectivity index (χ4n) is 2.56. The highest BCUT2D eigenvalue weighted by Crippen LogP contribution is 2.17. The molecule has 11 heteroatoms. The number of hydrogen-bond donors (Lipinski definition) is 2. The highest BCUT2D eigenvalue weighted by atomic mass is 32.2. The zero-order valence-electron chi connectivity index (χ0n) is 16.7. The average Bonchev–Trinajstić information content (AvgIpc) is 3.29. The second-order valence-corrected chi connectivity index (χ2v) is 9.39. The zero-order valence-corrected chi connectivity index (χ0v) is 18.3. The lowest BCUT2D eigenvalue weighted by atomic mass is 10.2. The number of sulfonamides is 1. The Kier molecular flexibility index (Phi) is 7.33. The van der Waals surface area contributed by atoms with Crippen LogP contribution in [0.2, 0.25) is 0 Å². The Bertz CT molecular complexity index is 1230. The van der Waals surface area contributed by atoms with Crippen LogP contribution in [0.15, 0.2) is 64.9 Å². The van der Waals surface area contributed by atoms with Crippen molar-refractivity contribution < 1.29 is 31.5 Å². The highest BCUT2D eigenvalue weighted by Gasteiger charge is 2.22. The number of hydrogen-bond acceptors (Lipinski definition) is 6. The van der Waals surface area contributed by atoms with Crippen molar-refractivity contribution in [3.8, 4) is 0 Å². The van der Waals surface area contributed by atoms with E-state index in [0.29, 0.717) is 0 Å². The van der Waals surface area contributed by atoms with Crippen molar-refractivity contribution >= 4 is 38.9 Å². The van der Waals surface area contributed by atoms with E-state index in [1.165, 1.54) is 36.5 Å². The van der Waals surface area contributed by atoms with Crippen molar-refractivity contribution in [3.05, 3.63) is 82.1 Å². The summed E-state index contributed by atoms with van der Waals surface area (Å²) in [4.78, 5) is 25.3. The van der Waals surface area contributed by atoms with Crippen molar-refractivity contribution in [2.75, 3.05) is 5.32 Å². The molecule has 1 heterocycles. The van der Waals surface area contributed by atoms with Gasteiger partial charge in [0.05, 0.1) is 16.1 Å². The number of nitrogens with one attached hydrogen (secondary N) is 2. The highest BCUT2D eigenvalue weighted by molar-refractivity contribution is 7.89. The number of ether oxygens (including phenoxy) is 1. The average molecular weight is 481 g/mol. The standard InChI is InChI=1S/C21H18F2N2O5S2/c1-13(20(26)25-19-11-15(22)7-8-18(19)23)30-21(27)14-4-2-6-17(10-14)32(28,29)24-12-16-5-3-9-31-16/h2-11,13,24H,12H2,1H3,(H,25,26). The van der Waals surface area contributed by atoms with E-state index in [1.807, 2.05) is 5.38 Å². The Morgan fingerprint density at radius 3 is 2.59 bits per heavy atom. The molecule has 0 aliphatic carbocycles. The maximum Gasteiger partial charge on any atom is 0.338 e. The molecule has 1 aromatic heterocycles. The fraction of sp³-hybridized carbons (Fsp3) is 0.143. The number of halogens is 2. The molecule has 1 atom stereocenters. The Balaban J connectivity index is 1.65. The van der Waals surface area contributed by atoms with Gasteiger partial charge in [-0.3, -0.25) is 4.79 Å². The number of benzene rings is 2. The van der Waals surface area contributed by atoms with Crippen LogP contribution >= 0.6 is 11.3 Å². The molecule has 0 bridgehead atoms. The van der Waals surface area contributed by atoms with Crippen molar-refractivity contribution in [3.63, 3.8) is 0 Å². The van der Waals surface area contributed by atoms with Gasteiger partial charge >= 0.3 is 5.97 Å². The maximum absolute atomic E-state index is 13.7. The summed E-state index contributed by atoms with van der Waals surface area (Å²) in [6, 6.07) is 11.2. The smallest absolute Gasteiger partial charge is 0.338 e. The SMILES string of the molecule is CC(OC(=O)c1cccc(S(=O)(=O)NCc2cccs2)c1)C(=O)Nc1cc(F)ccc1F. The Morgan fingerprint density at radius 2 is 1.88 bits per heavy atom. The van der Waals surface area contributed by atoms with Gasteiger partial charge in [0.25, 0.3) is 5.91 Å². The third kappa shape index (κ3) is 5.96. The van der Waals surface area contributed by atoms with Gasteiger partial charge in [-0.25, -0.2) is 26.7 Å². The maximum atomic E-state index is 13.7. The van der Waals surface area contributed by atoms with E-state index in [0.717, 1.165) is 29.1 Å². The van der Waals surface area contributed by atoms with Crippen LogP contribution in [0, 0.1) is 11.6 Å². The van der Waals surface area contributed by atoms with Crippen LogP contribution in [0.5, 0.6) is 0 Å². The van der Waals surface area contributed by atoms with Gasteiger partial charge in [-0.05, 0) is 48.7 Å². The molecule has 2 aromatic carbocycles. The first kappa shape index (κ1) is 23.5. The molecule has 2 N–H and O–H groups in total. The van der Waals surface area contributed by atoms with Gasteiger partial charge in [-0.1, -0.05) is 12.1 Å². The first-order chi connectivity index (χ1) is 15.2. The van der Waals surface area contributed by atoms with E-state index in [4.69, 9.17) is 4.74 Å². The largest absolute Gasteiger partial charge is 0.449 e. The predicted molar refractivity (Wildman–Crippen MR) is 115 cm³/mol. The van der Waals surface area contributed by atoms with Crippen molar-refractivity contribution in [2.24, 2.45) is 0 Å². The topological polar surface area (TPSA) is 102 Å². The molecule has 0 spiro atoms. The number of thiophene rings is 1. The van der Waals surface area contributed by atoms with Gasteiger partial charge in [0.1, 0.15) is 11.6 Å². The second-order valence-electron chi connectivity index (χ2n) is 6.59. The normalized spacial score (nSPS) is 12.2. The number of carbonyl (C=O) groups excluding carboxylic acids is 2. The molecule has 1 unspecified atom stereocenters. The Morgan fingerprint density at radius 1 is 1.09 bits per heavy atom. The summed E-state index contributed by atoms with van der Waals surface area (Å²) in [6.07, 6.45) is -1.36. The molecule has 0 saturated heterocycles. The summed E-state index contributed by atoms with van der Waals surface area (Å²) in [5.41, 5.74) is -0.497. The number of esters is 1. The molecule has 0 aliphatic rings. The van der Waals surface area contributed by atoms with Crippen LogP contribution in [0.1, 0.15) is 22.2 Å². The van der Waals surface area contributed by atoms with E-state index >= 15 is 0 Å². The van der Waals surface area contributed by atoms with Gasteiger partial charge in [-0.2, -0.15) is 0 Å². The van der Waals surface area contributed by atoms with Gasteiger partial charge in [0.2, 0.25) is 10.0 Å². The van der Waals surface area contributed by atoms with Crippen molar-refractivity contribution in [2.45, 2.75) is 24.5 Å². The predicted octanol–water partition coefficient (Wildman–Crippen LogP) is 3.69.